The van der Waals surface area contributed by atoms with E-state index in [9.17, 15) is 9.18 Å². The molecule has 142 valence electrons. The van der Waals surface area contributed by atoms with Crippen LogP contribution in [0.3, 0.4) is 0 Å². The topological polar surface area (TPSA) is 82.9 Å². The number of aromatic nitrogens is 1. The number of amides is 1. The maximum absolute atomic E-state index is 13.1. The van der Waals surface area contributed by atoms with Crippen LogP contribution in [-0.4, -0.2) is 37.1 Å². The minimum atomic E-state index is -0.250. The number of halogens is 1. The third-order valence-electron chi connectivity index (χ3n) is 4.72. The summed E-state index contributed by atoms with van der Waals surface area (Å²) in [7, 11) is 1.50. The first-order valence-corrected chi connectivity index (χ1v) is 9.17. The van der Waals surface area contributed by atoms with E-state index in [-0.39, 0.29) is 11.7 Å². The normalized spacial score (nSPS) is 16.0. The highest BCUT2D eigenvalue weighted by atomic mass is 19.1. The van der Waals surface area contributed by atoms with Crippen molar-refractivity contribution in [3.8, 4) is 11.1 Å². The van der Waals surface area contributed by atoms with E-state index in [1.165, 1.54) is 25.6 Å². The van der Waals surface area contributed by atoms with E-state index in [1.54, 1.807) is 12.1 Å². The molecule has 1 amide bonds. The molecule has 1 aliphatic heterocycles. The molecule has 4 rings (SSSR count). The number of nitrogens with one attached hydrogen (secondary N) is 3. The van der Waals surface area contributed by atoms with Crippen molar-refractivity contribution in [1.29, 1.82) is 0 Å². The molecular formula is C21H25FN4O. The Hall–Kier alpha value is -2.70. The molecule has 0 saturated carbocycles. The largest absolute Gasteiger partial charge is 0.351 e. The third-order valence-corrected chi connectivity index (χ3v) is 4.72. The lowest BCUT2D eigenvalue weighted by molar-refractivity contribution is 0.0946. The molecule has 0 bridgehead atoms. The summed E-state index contributed by atoms with van der Waals surface area (Å²) in [6, 6.07) is 14.6. The Balaban J connectivity index is 0.00000102. The van der Waals surface area contributed by atoms with Crippen LogP contribution in [0.25, 0.3) is 22.0 Å². The zero-order chi connectivity index (χ0) is 19.2. The van der Waals surface area contributed by atoms with Crippen molar-refractivity contribution in [2.24, 2.45) is 5.73 Å². The molecule has 2 aromatic carbocycles. The molecule has 27 heavy (non-hydrogen) atoms. The fourth-order valence-electron chi connectivity index (χ4n) is 3.31. The van der Waals surface area contributed by atoms with Crippen LogP contribution in [-0.2, 0) is 0 Å². The number of hydrogen-bond donors (Lipinski definition) is 4. The van der Waals surface area contributed by atoms with Gasteiger partial charge in [0.1, 0.15) is 11.5 Å². The number of fused-ring (bicyclic) bond motifs is 1. The molecule has 0 aliphatic carbocycles. The number of nitrogens with two attached hydrogens (primary N) is 1. The summed E-state index contributed by atoms with van der Waals surface area (Å²) in [5, 5.41) is 7.33. The predicted octanol–water partition coefficient (Wildman–Crippen LogP) is 3.03. The monoisotopic (exact) mass is 368 g/mol. The van der Waals surface area contributed by atoms with Crippen molar-refractivity contribution in [3.05, 3.63) is 60.0 Å². The Labute approximate surface area is 158 Å². The van der Waals surface area contributed by atoms with E-state index in [4.69, 9.17) is 0 Å². The van der Waals surface area contributed by atoms with Crippen LogP contribution in [0.15, 0.2) is 48.5 Å². The highest BCUT2D eigenvalue weighted by Gasteiger charge is 2.16. The van der Waals surface area contributed by atoms with Gasteiger partial charge < -0.3 is 21.4 Å². The van der Waals surface area contributed by atoms with E-state index < -0.39 is 0 Å². The van der Waals surface area contributed by atoms with Crippen LogP contribution in [0, 0.1) is 5.82 Å². The summed E-state index contributed by atoms with van der Waals surface area (Å²) in [6.07, 6.45) is 2.27. The summed E-state index contributed by atoms with van der Waals surface area (Å²) in [5.41, 5.74) is 7.88. The lowest BCUT2D eigenvalue weighted by Crippen LogP contribution is -2.37. The zero-order valence-corrected chi connectivity index (χ0v) is 15.4. The molecule has 1 unspecified atom stereocenters. The SMILES string of the molecule is CN.O=C(NCC1CCCN1)c1cc2ccc(-c3ccc(F)cc3)cc2[nH]1. The van der Waals surface area contributed by atoms with Crippen LogP contribution in [0.2, 0.25) is 0 Å². The van der Waals surface area contributed by atoms with Crippen molar-refractivity contribution in [2.45, 2.75) is 18.9 Å². The molecule has 1 saturated heterocycles. The first kappa shape index (κ1) is 19.1. The van der Waals surface area contributed by atoms with Gasteiger partial charge in [-0.3, -0.25) is 4.79 Å². The lowest BCUT2D eigenvalue weighted by atomic mass is 10.0. The number of benzene rings is 2. The van der Waals surface area contributed by atoms with Gasteiger partial charge in [0.2, 0.25) is 0 Å². The van der Waals surface area contributed by atoms with Gasteiger partial charge in [-0.25, -0.2) is 4.39 Å². The van der Waals surface area contributed by atoms with E-state index in [0.29, 0.717) is 18.3 Å². The third kappa shape index (κ3) is 4.53. The first-order valence-electron chi connectivity index (χ1n) is 9.17. The average molecular weight is 368 g/mol. The van der Waals surface area contributed by atoms with Crippen LogP contribution in [0.4, 0.5) is 4.39 Å². The summed E-state index contributed by atoms with van der Waals surface area (Å²) in [5.74, 6) is -0.339. The standard InChI is InChI=1S/C20H20FN3O.CH5N/c21-16-7-5-13(6-8-16)14-3-4-15-11-19(24-18(15)10-14)20(25)23-12-17-2-1-9-22-17;1-2/h3-8,10-11,17,22,24H,1-2,9,12H2,(H,23,25);2H2,1H3. The second kappa shape index (κ2) is 8.79. The molecule has 1 fully saturated rings. The molecule has 1 atom stereocenters. The van der Waals surface area contributed by atoms with Gasteiger partial charge in [0, 0.05) is 23.5 Å². The predicted molar refractivity (Wildman–Crippen MR) is 107 cm³/mol. The maximum atomic E-state index is 13.1. The number of aromatic amines is 1. The summed E-state index contributed by atoms with van der Waals surface area (Å²) in [6.45, 7) is 1.67. The van der Waals surface area contributed by atoms with Crippen LogP contribution >= 0.6 is 0 Å². The van der Waals surface area contributed by atoms with Crippen molar-refractivity contribution in [1.82, 2.24) is 15.6 Å². The van der Waals surface area contributed by atoms with Crippen molar-refractivity contribution < 1.29 is 9.18 Å². The van der Waals surface area contributed by atoms with E-state index in [0.717, 1.165) is 35.0 Å². The fourth-order valence-corrected chi connectivity index (χ4v) is 3.31. The van der Waals surface area contributed by atoms with Crippen molar-refractivity contribution in [2.75, 3.05) is 20.1 Å². The zero-order valence-electron chi connectivity index (χ0n) is 15.4. The van der Waals surface area contributed by atoms with E-state index >= 15 is 0 Å². The highest BCUT2D eigenvalue weighted by molar-refractivity contribution is 5.98. The summed E-state index contributed by atoms with van der Waals surface area (Å²) < 4.78 is 13.1. The number of rotatable bonds is 4. The highest BCUT2D eigenvalue weighted by Crippen LogP contribution is 2.25. The van der Waals surface area contributed by atoms with Gasteiger partial charge in [-0.1, -0.05) is 24.3 Å². The quantitative estimate of drug-likeness (QED) is 0.571. The van der Waals surface area contributed by atoms with E-state index in [2.05, 4.69) is 21.4 Å². The lowest BCUT2D eigenvalue weighted by Gasteiger charge is -2.10. The van der Waals surface area contributed by atoms with Crippen molar-refractivity contribution in [3.63, 3.8) is 0 Å². The smallest absolute Gasteiger partial charge is 0.267 e. The van der Waals surface area contributed by atoms with Crippen molar-refractivity contribution >= 4 is 16.8 Å². The van der Waals surface area contributed by atoms with Gasteiger partial charge >= 0.3 is 0 Å². The molecule has 0 radical (unpaired) electrons. The Kier molecular flexibility index (Phi) is 6.21. The van der Waals surface area contributed by atoms with E-state index in [1.807, 2.05) is 24.3 Å². The van der Waals surface area contributed by atoms with Crippen LogP contribution in [0.1, 0.15) is 23.3 Å². The van der Waals surface area contributed by atoms with Crippen LogP contribution in [0.5, 0.6) is 0 Å². The maximum Gasteiger partial charge on any atom is 0.267 e. The second-order valence-electron chi connectivity index (χ2n) is 6.50. The number of hydrogen-bond acceptors (Lipinski definition) is 3. The average Bonchev–Trinajstić information content (AvgIpc) is 3.37. The van der Waals surface area contributed by atoms with Gasteiger partial charge in [0.05, 0.1) is 0 Å². The van der Waals surface area contributed by atoms with Gasteiger partial charge in [-0.2, -0.15) is 0 Å². The first-order chi connectivity index (χ1) is 13.2. The number of carbonyl (C=O) groups excluding carboxylic acids is 1. The minimum Gasteiger partial charge on any atom is -0.351 e. The van der Waals surface area contributed by atoms with Gasteiger partial charge in [-0.15, -0.1) is 0 Å². The second-order valence-corrected chi connectivity index (χ2v) is 6.50. The Bertz CT molecular complexity index is 898. The molecule has 1 aliphatic rings. The number of H-pyrrole nitrogens is 1. The van der Waals surface area contributed by atoms with Gasteiger partial charge in [-0.05, 0) is 61.8 Å². The minimum absolute atomic E-state index is 0.0896. The molecule has 5 nitrogen and oxygen atoms in total. The molecular weight excluding hydrogens is 343 g/mol. The molecule has 2 heterocycles. The van der Waals surface area contributed by atoms with Crippen LogP contribution < -0.4 is 16.4 Å². The molecule has 0 spiro atoms. The molecule has 1 aromatic heterocycles. The van der Waals surface area contributed by atoms with Gasteiger partial charge in [0.25, 0.3) is 5.91 Å². The fraction of sp³-hybridized carbons (Fsp3) is 0.286. The van der Waals surface area contributed by atoms with Gasteiger partial charge in [0.15, 0.2) is 0 Å². The number of carbonyl (C=O) groups is 1. The summed E-state index contributed by atoms with van der Waals surface area (Å²) >= 11 is 0. The molecule has 5 N–H and O–H groups in total. The Morgan fingerprint density at radius 1 is 1.15 bits per heavy atom. The molecule has 3 aromatic rings. The molecule has 6 heteroatoms. The Morgan fingerprint density at radius 2 is 1.89 bits per heavy atom. The Morgan fingerprint density at radius 3 is 2.59 bits per heavy atom. The summed E-state index contributed by atoms with van der Waals surface area (Å²) in [4.78, 5) is 15.5.